The molecule has 2 aliphatic heterocycles. The molecular formula is C24H29N3O4. The Balaban J connectivity index is 1.27. The van der Waals surface area contributed by atoms with Gasteiger partial charge in [0.2, 0.25) is 12.0 Å². The van der Waals surface area contributed by atoms with Crippen molar-refractivity contribution in [3.05, 3.63) is 54.1 Å². The highest BCUT2D eigenvalue weighted by Gasteiger charge is 2.34. The third kappa shape index (κ3) is 4.82. The van der Waals surface area contributed by atoms with Crippen LogP contribution in [0, 0.1) is 0 Å². The van der Waals surface area contributed by atoms with Crippen LogP contribution < -0.4 is 14.8 Å². The van der Waals surface area contributed by atoms with E-state index in [2.05, 4.69) is 17.1 Å². The Morgan fingerprint density at radius 2 is 1.71 bits per heavy atom. The average Bonchev–Trinajstić information content (AvgIpc) is 2.83. The number of carbonyl (C=O) groups is 2. The van der Waals surface area contributed by atoms with Gasteiger partial charge in [0, 0.05) is 31.9 Å². The van der Waals surface area contributed by atoms with Crippen molar-refractivity contribution in [3.63, 3.8) is 0 Å². The van der Waals surface area contributed by atoms with Crippen LogP contribution in [0.5, 0.6) is 11.5 Å². The van der Waals surface area contributed by atoms with Crippen LogP contribution in [0.3, 0.4) is 0 Å². The molecule has 2 heterocycles. The topological polar surface area (TPSA) is 71.1 Å². The summed E-state index contributed by atoms with van der Waals surface area (Å²) in [7, 11) is 0. The summed E-state index contributed by atoms with van der Waals surface area (Å²) in [6, 6.07) is 15.0. The number of benzene rings is 2. The second-order valence-corrected chi connectivity index (χ2v) is 7.94. The minimum absolute atomic E-state index is 0.0374. The van der Waals surface area contributed by atoms with Crippen LogP contribution in [-0.4, -0.2) is 66.5 Å². The van der Waals surface area contributed by atoms with Crippen LogP contribution in [0.25, 0.3) is 0 Å². The molecule has 1 N–H and O–H groups in total. The van der Waals surface area contributed by atoms with Gasteiger partial charge in [0.05, 0.1) is 6.04 Å². The van der Waals surface area contributed by atoms with Gasteiger partial charge in [0.15, 0.2) is 11.5 Å². The molecule has 164 valence electrons. The maximum Gasteiger partial charge on any atom is 0.267 e. The number of ether oxygens (including phenoxy) is 2. The molecule has 2 aliphatic rings. The number of hydrogen-bond donors (Lipinski definition) is 1. The number of aryl methyl sites for hydroxylation is 1. The molecule has 7 heteroatoms. The van der Waals surface area contributed by atoms with E-state index in [0.29, 0.717) is 37.7 Å². The summed E-state index contributed by atoms with van der Waals surface area (Å²) in [6.07, 6.45) is 0.339. The largest absolute Gasteiger partial charge is 0.485 e. The molecule has 2 aromatic rings. The third-order valence-corrected chi connectivity index (χ3v) is 5.97. The van der Waals surface area contributed by atoms with Gasteiger partial charge in [-0.1, -0.05) is 31.2 Å². The quantitative estimate of drug-likeness (QED) is 0.800. The molecule has 0 aliphatic carbocycles. The van der Waals surface area contributed by atoms with Crippen LogP contribution in [0.15, 0.2) is 48.5 Å². The maximum atomic E-state index is 12.9. The first-order valence-corrected chi connectivity index (χ1v) is 10.9. The monoisotopic (exact) mass is 423 g/mol. The summed E-state index contributed by atoms with van der Waals surface area (Å²) in [5.74, 6) is 1.16. The van der Waals surface area contributed by atoms with E-state index in [1.807, 2.05) is 55.5 Å². The van der Waals surface area contributed by atoms with Crippen molar-refractivity contribution in [3.8, 4) is 11.5 Å². The highest BCUT2D eigenvalue weighted by atomic mass is 16.6. The fraction of sp³-hybridized carbons (Fsp3) is 0.417. The lowest BCUT2D eigenvalue weighted by molar-refractivity contribution is -0.143. The van der Waals surface area contributed by atoms with Crippen molar-refractivity contribution in [1.82, 2.24) is 9.80 Å². The van der Waals surface area contributed by atoms with Crippen molar-refractivity contribution >= 4 is 17.5 Å². The third-order valence-electron chi connectivity index (χ3n) is 5.97. The summed E-state index contributed by atoms with van der Waals surface area (Å²) >= 11 is 0. The van der Waals surface area contributed by atoms with Crippen LogP contribution in [0.2, 0.25) is 0 Å². The zero-order chi connectivity index (χ0) is 21.8. The summed E-state index contributed by atoms with van der Waals surface area (Å²) in [5.41, 5.74) is 2.04. The zero-order valence-electron chi connectivity index (χ0n) is 18.0. The number of rotatable bonds is 5. The van der Waals surface area contributed by atoms with Crippen molar-refractivity contribution in [2.75, 3.05) is 38.1 Å². The second-order valence-electron chi connectivity index (χ2n) is 7.94. The highest BCUT2D eigenvalue weighted by Crippen LogP contribution is 2.31. The van der Waals surface area contributed by atoms with Gasteiger partial charge in [0.1, 0.15) is 6.61 Å². The molecule has 2 atom stereocenters. The van der Waals surface area contributed by atoms with Gasteiger partial charge in [-0.25, -0.2) is 0 Å². The van der Waals surface area contributed by atoms with E-state index < -0.39 is 6.10 Å². The number of nitrogens with one attached hydrogen (secondary N) is 1. The first kappa shape index (κ1) is 21.2. The SMILES string of the molecule is CCc1ccc(NC(=O)[C@H](C)N2CCN(C(=O)[C@H]3COc4ccccc4O3)CC2)cc1. The normalized spacial score (nSPS) is 19.5. The summed E-state index contributed by atoms with van der Waals surface area (Å²) in [5, 5.41) is 2.99. The minimum atomic E-state index is -0.631. The lowest BCUT2D eigenvalue weighted by atomic mass is 10.1. The van der Waals surface area contributed by atoms with Crippen LogP contribution in [0.1, 0.15) is 19.4 Å². The van der Waals surface area contributed by atoms with Crippen molar-refractivity contribution in [2.24, 2.45) is 0 Å². The molecule has 2 amide bonds. The second kappa shape index (κ2) is 9.39. The number of carbonyl (C=O) groups excluding carboxylic acids is 2. The van der Waals surface area contributed by atoms with Gasteiger partial charge < -0.3 is 19.7 Å². The fourth-order valence-corrected chi connectivity index (χ4v) is 3.91. The van der Waals surface area contributed by atoms with Gasteiger partial charge in [-0.2, -0.15) is 0 Å². The molecule has 4 rings (SSSR count). The molecule has 0 aromatic heterocycles. The lowest BCUT2D eigenvalue weighted by Crippen LogP contribution is -2.57. The Kier molecular flexibility index (Phi) is 6.42. The predicted octanol–water partition coefficient (Wildman–Crippen LogP) is 2.56. The maximum absolute atomic E-state index is 12.9. The molecule has 0 spiro atoms. The van der Waals surface area contributed by atoms with Crippen molar-refractivity contribution in [1.29, 1.82) is 0 Å². The molecule has 0 saturated carbocycles. The molecule has 1 fully saturated rings. The van der Waals surface area contributed by atoms with Gasteiger partial charge >= 0.3 is 0 Å². The van der Waals surface area contributed by atoms with Gasteiger partial charge in [-0.05, 0) is 43.2 Å². The molecule has 2 aromatic carbocycles. The van der Waals surface area contributed by atoms with E-state index in [1.54, 1.807) is 4.90 Å². The van der Waals surface area contributed by atoms with Crippen molar-refractivity contribution in [2.45, 2.75) is 32.4 Å². The van der Waals surface area contributed by atoms with Crippen molar-refractivity contribution < 1.29 is 19.1 Å². The van der Waals surface area contributed by atoms with E-state index in [4.69, 9.17) is 9.47 Å². The Hall–Kier alpha value is -3.06. The number of fused-ring (bicyclic) bond motifs is 1. The number of anilines is 1. The van der Waals surface area contributed by atoms with Crippen LogP contribution in [-0.2, 0) is 16.0 Å². The smallest absolute Gasteiger partial charge is 0.267 e. The van der Waals surface area contributed by atoms with E-state index in [0.717, 1.165) is 12.1 Å². The zero-order valence-corrected chi connectivity index (χ0v) is 18.0. The number of nitrogens with zero attached hydrogens (tertiary/aromatic N) is 2. The molecule has 7 nitrogen and oxygen atoms in total. The van der Waals surface area contributed by atoms with Gasteiger partial charge in [-0.3, -0.25) is 14.5 Å². The van der Waals surface area contributed by atoms with Crippen LogP contribution >= 0.6 is 0 Å². The highest BCUT2D eigenvalue weighted by molar-refractivity contribution is 5.94. The van der Waals surface area contributed by atoms with Crippen LogP contribution in [0.4, 0.5) is 5.69 Å². The Morgan fingerprint density at radius 1 is 1.03 bits per heavy atom. The number of para-hydroxylation sites is 2. The average molecular weight is 424 g/mol. The molecule has 0 bridgehead atoms. The Bertz CT molecular complexity index is 923. The molecular weight excluding hydrogens is 394 g/mol. The number of hydrogen-bond acceptors (Lipinski definition) is 5. The first-order valence-electron chi connectivity index (χ1n) is 10.9. The van der Waals surface area contributed by atoms with Gasteiger partial charge in [-0.15, -0.1) is 0 Å². The number of piperazine rings is 1. The first-order chi connectivity index (χ1) is 15.0. The lowest BCUT2D eigenvalue weighted by Gasteiger charge is -2.39. The van der Waals surface area contributed by atoms with E-state index in [9.17, 15) is 9.59 Å². The standard InChI is InChI=1S/C24H29N3O4/c1-3-18-8-10-19(11-9-18)25-23(28)17(2)26-12-14-27(15-13-26)24(29)22-16-30-20-6-4-5-7-21(20)31-22/h4-11,17,22H,3,12-16H2,1-2H3,(H,25,28)/t17-,22+/m0/s1. The Labute approximate surface area is 182 Å². The predicted molar refractivity (Wildman–Crippen MR) is 118 cm³/mol. The van der Waals surface area contributed by atoms with E-state index in [1.165, 1.54) is 5.56 Å². The fourth-order valence-electron chi connectivity index (χ4n) is 3.91. The van der Waals surface area contributed by atoms with E-state index >= 15 is 0 Å². The van der Waals surface area contributed by atoms with Gasteiger partial charge in [0.25, 0.3) is 5.91 Å². The number of amides is 2. The van der Waals surface area contributed by atoms with E-state index in [-0.39, 0.29) is 24.5 Å². The molecule has 1 saturated heterocycles. The molecule has 31 heavy (non-hydrogen) atoms. The minimum Gasteiger partial charge on any atom is -0.485 e. The Morgan fingerprint density at radius 3 is 2.39 bits per heavy atom. The molecule has 0 unspecified atom stereocenters. The molecule has 0 radical (unpaired) electrons. The summed E-state index contributed by atoms with van der Waals surface area (Å²) in [4.78, 5) is 29.5. The summed E-state index contributed by atoms with van der Waals surface area (Å²) < 4.78 is 11.5. The summed E-state index contributed by atoms with van der Waals surface area (Å²) in [6.45, 7) is 6.62.